The summed E-state index contributed by atoms with van der Waals surface area (Å²) in [6.45, 7) is 5.27. The number of benzene rings is 3. The molecule has 3 aromatic rings. The van der Waals surface area contributed by atoms with E-state index in [0.29, 0.717) is 18.8 Å². The maximum absolute atomic E-state index is 14.8. The lowest BCUT2D eigenvalue weighted by molar-refractivity contribution is -0.140. The average molecular weight is 584 g/mol. The normalized spacial score (nSPS) is 12.7. The molecule has 220 valence electrons. The maximum atomic E-state index is 14.8. The Morgan fingerprint density at radius 1 is 0.951 bits per heavy atom. The third kappa shape index (κ3) is 9.04. The van der Waals surface area contributed by atoms with Crippen molar-refractivity contribution in [3.8, 4) is 5.75 Å². The summed E-state index contributed by atoms with van der Waals surface area (Å²) in [7, 11) is -3.91. The van der Waals surface area contributed by atoms with Gasteiger partial charge in [-0.05, 0) is 56.2 Å². The summed E-state index contributed by atoms with van der Waals surface area (Å²) < 4.78 is 47.0. The Balaban J connectivity index is 2.05. The summed E-state index contributed by atoms with van der Waals surface area (Å²) in [4.78, 5) is 29.0. The number of nitrogens with zero attached hydrogens (tertiary/aromatic N) is 2. The van der Waals surface area contributed by atoms with E-state index in [4.69, 9.17) is 4.74 Å². The van der Waals surface area contributed by atoms with E-state index in [9.17, 15) is 22.4 Å². The Bertz CT molecular complexity index is 1400. The van der Waals surface area contributed by atoms with Crippen molar-refractivity contribution in [1.29, 1.82) is 0 Å². The van der Waals surface area contributed by atoms with Crippen LogP contribution < -0.4 is 14.4 Å². The Morgan fingerprint density at radius 3 is 2.17 bits per heavy atom. The average Bonchev–Trinajstić information content (AvgIpc) is 2.95. The van der Waals surface area contributed by atoms with Crippen LogP contribution in [-0.4, -0.2) is 56.6 Å². The van der Waals surface area contributed by atoms with Gasteiger partial charge in [0.2, 0.25) is 21.8 Å². The highest BCUT2D eigenvalue weighted by molar-refractivity contribution is 7.92. The van der Waals surface area contributed by atoms with Gasteiger partial charge in [-0.25, -0.2) is 12.8 Å². The number of ether oxygens (including phenoxy) is 1. The van der Waals surface area contributed by atoms with Crippen LogP contribution in [0.15, 0.2) is 78.9 Å². The van der Waals surface area contributed by atoms with E-state index in [1.807, 2.05) is 51.1 Å². The van der Waals surface area contributed by atoms with Gasteiger partial charge in [0.25, 0.3) is 0 Å². The molecule has 41 heavy (non-hydrogen) atoms. The van der Waals surface area contributed by atoms with E-state index < -0.39 is 40.2 Å². The molecular formula is C31H38FN3O5S. The monoisotopic (exact) mass is 583 g/mol. The number of amides is 2. The highest BCUT2D eigenvalue weighted by Gasteiger charge is 2.33. The van der Waals surface area contributed by atoms with Gasteiger partial charge in [-0.3, -0.25) is 13.9 Å². The van der Waals surface area contributed by atoms with Crippen LogP contribution in [0.2, 0.25) is 0 Å². The van der Waals surface area contributed by atoms with E-state index in [0.717, 1.165) is 16.1 Å². The van der Waals surface area contributed by atoms with E-state index in [1.54, 1.807) is 42.5 Å². The van der Waals surface area contributed by atoms with Crippen molar-refractivity contribution >= 4 is 27.5 Å². The summed E-state index contributed by atoms with van der Waals surface area (Å²) in [5.41, 5.74) is 1.27. The predicted octanol–water partition coefficient (Wildman–Crippen LogP) is 4.55. The van der Waals surface area contributed by atoms with Gasteiger partial charge in [0, 0.05) is 24.6 Å². The smallest absolute Gasteiger partial charge is 0.244 e. The topological polar surface area (TPSA) is 96.0 Å². The minimum Gasteiger partial charge on any atom is -0.494 e. The first-order chi connectivity index (χ1) is 19.5. The summed E-state index contributed by atoms with van der Waals surface area (Å²) in [6.07, 6.45) is 1.84. The molecule has 8 nitrogen and oxygen atoms in total. The van der Waals surface area contributed by atoms with Crippen LogP contribution in [0, 0.1) is 5.82 Å². The number of halogens is 1. The first-order valence-corrected chi connectivity index (χ1v) is 15.5. The number of nitrogens with one attached hydrogen (secondary N) is 1. The predicted molar refractivity (Wildman–Crippen MR) is 159 cm³/mol. The fourth-order valence-electron chi connectivity index (χ4n) is 4.29. The second kappa shape index (κ2) is 14.6. The highest BCUT2D eigenvalue weighted by atomic mass is 32.2. The van der Waals surface area contributed by atoms with Gasteiger partial charge in [0.15, 0.2) is 0 Å². The lowest BCUT2D eigenvalue weighted by Gasteiger charge is -2.34. The third-order valence-electron chi connectivity index (χ3n) is 6.69. The van der Waals surface area contributed by atoms with Crippen molar-refractivity contribution in [2.75, 3.05) is 23.7 Å². The first-order valence-electron chi connectivity index (χ1n) is 13.6. The number of rotatable bonds is 14. The molecule has 2 amide bonds. The minimum atomic E-state index is -3.91. The van der Waals surface area contributed by atoms with Crippen LogP contribution in [-0.2, 0) is 32.6 Å². The zero-order chi connectivity index (χ0) is 30.0. The molecule has 0 aliphatic rings. The van der Waals surface area contributed by atoms with Gasteiger partial charge >= 0.3 is 0 Å². The van der Waals surface area contributed by atoms with Crippen molar-refractivity contribution in [1.82, 2.24) is 10.2 Å². The van der Waals surface area contributed by atoms with Crippen LogP contribution in [0.3, 0.4) is 0 Å². The van der Waals surface area contributed by atoms with Gasteiger partial charge in [-0.2, -0.15) is 0 Å². The van der Waals surface area contributed by atoms with Crippen molar-refractivity contribution < 1.29 is 27.1 Å². The van der Waals surface area contributed by atoms with Crippen molar-refractivity contribution in [3.63, 3.8) is 0 Å². The molecule has 2 atom stereocenters. The quantitative estimate of drug-likeness (QED) is 0.301. The molecular weight excluding hydrogens is 545 g/mol. The Labute approximate surface area is 242 Å². The van der Waals surface area contributed by atoms with E-state index in [-0.39, 0.29) is 30.3 Å². The molecule has 1 N–H and O–H groups in total. The van der Waals surface area contributed by atoms with Crippen molar-refractivity contribution in [2.45, 2.75) is 52.2 Å². The molecule has 0 unspecified atom stereocenters. The van der Waals surface area contributed by atoms with E-state index in [1.165, 1.54) is 11.0 Å². The molecule has 0 radical (unpaired) electrons. The zero-order valence-corrected chi connectivity index (χ0v) is 24.7. The van der Waals surface area contributed by atoms with Gasteiger partial charge in [-0.15, -0.1) is 0 Å². The molecule has 0 aliphatic heterocycles. The zero-order valence-electron chi connectivity index (χ0n) is 23.9. The number of carbonyl (C=O) groups is 2. The lowest BCUT2D eigenvalue weighted by Crippen LogP contribution is -2.54. The highest BCUT2D eigenvalue weighted by Crippen LogP contribution is 2.23. The molecule has 0 spiro atoms. The van der Waals surface area contributed by atoms with Crippen LogP contribution in [0.25, 0.3) is 0 Å². The standard InChI is InChI=1S/C31H38FN3O5S/c1-5-23(3)33-31(37)29(20-24-12-8-7-9-13-24)34(21-25-14-10-11-15-28(25)32)30(36)22-35(41(4,38)39)26-16-18-27(19-17-26)40-6-2/h7-19,23,29H,5-6,20-22H2,1-4H3,(H,33,37)/t23-,29-/m0/s1. The Kier molecular flexibility index (Phi) is 11.3. The maximum Gasteiger partial charge on any atom is 0.244 e. The molecule has 0 saturated heterocycles. The lowest BCUT2D eigenvalue weighted by atomic mass is 10.0. The summed E-state index contributed by atoms with van der Waals surface area (Å²) in [6, 6.07) is 20.4. The van der Waals surface area contributed by atoms with Gasteiger partial charge < -0.3 is 15.0 Å². The summed E-state index contributed by atoms with van der Waals surface area (Å²) in [5.74, 6) is -1.02. The van der Waals surface area contributed by atoms with Crippen LogP contribution in [0.5, 0.6) is 5.75 Å². The Hall–Kier alpha value is -3.92. The SMILES string of the molecule is CCOc1ccc(N(CC(=O)N(Cc2ccccc2F)[C@@H](Cc2ccccc2)C(=O)N[C@@H](C)CC)S(C)(=O)=O)cc1. The van der Waals surface area contributed by atoms with E-state index >= 15 is 0 Å². The number of carbonyl (C=O) groups excluding carboxylic acids is 2. The second-order valence-corrected chi connectivity index (χ2v) is 11.7. The molecule has 0 heterocycles. The number of anilines is 1. The molecule has 0 aromatic heterocycles. The number of hydrogen-bond donors (Lipinski definition) is 1. The molecule has 10 heteroatoms. The first kappa shape index (κ1) is 31.6. The van der Waals surface area contributed by atoms with Gasteiger partial charge in [-0.1, -0.05) is 55.5 Å². The number of sulfonamides is 1. The summed E-state index contributed by atoms with van der Waals surface area (Å²) in [5, 5.41) is 2.95. The summed E-state index contributed by atoms with van der Waals surface area (Å²) >= 11 is 0. The van der Waals surface area contributed by atoms with Gasteiger partial charge in [0.05, 0.1) is 18.6 Å². The molecule has 0 aliphatic carbocycles. The molecule has 0 saturated carbocycles. The fourth-order valence-corrected chi connectivity index (χ4v) is 5.14. The van der Waals surface area contributed by atoms with Crippen LogP contribution >= 0.6 is 0 Å². The van der Waals surface area contributed by atoms with Crippen molar-refractivity contribution in [2.24, 2.45) is 0 Å². The molecule has 0 fully saturated rings. The molecule has 3 aromatic carbocycles. The van der Waals surface area contributed by atoms with Gasteiger partial charge in [0.1, 0.15) is 24.2 Å². The van der Waals surface area contributed by atoms with Crippen LogP contribution in [0.1, 0.15) is 38.3 Å². The fraction of sp³-hybridized carbons (Fsp3) is 0.355. The number of hydrogen-bond acceptors (Lipinski definition) is 5. The molecule has 0 bridgehead atoms. The Morgan fingerprint density at radius 2 is 1.59 bits per heavy atom. The van der Waals surface area contributed by atoms with E-state index in [2.05, 4.69) is 5.32 Å². The third-order valence-corrected chi connectivity index (χ3v) is 7.83. The second-order valence-electron chi connectivity index (χ2n) is 9.83. The van der Waals surface area contributed by atoms with Crippen molar-refractivity contribution in [3.05, 3.63) is 95.8 Å². The minimum absolute atomic E-state index is 0.158. The molecule has 3 rings (SSSR count). The largest absolute Gasteiger partial charge is 0.494 e. The van der Waals surface area contributed by atoms with Crippen LogP contribution in [0.4, 0.5) is 10.1 Å².